The Morgan fingerprint density at radius 1 is 1.26 bits per heavy atom. The summed E-state index contributed by atoms with van der Waals surface area (Å²) in [7, 11) is 1.74. The minimum atomic E-state index is -0.235. The van der Waals surface area contributed by atoms with Crippen LogP contribution in [0.25, 0.3) is 0 Å². The zero-order valence-electron chi connectivity index (χ0n) is 13.2. The van der Waals surface area contributed by atoms with Gasteiger partial charge in [-0.15, -0.1) is 0 Å². The van der Waals surface area contributed by atoms with Crippen LogP contribution in [0.15, 0.2) is 18.2 Å². The van der Waals surface area contributed by atoms with Gasteiger partial charge in [0.2, 0.25) is 11.8 Å². The van der Waals surface area contributed by atoms with Gasteiger partial charge in [0.05, 0.1) is 19.1 Å². The van der Waals surface area contributed by atoms with Crippen LogP contribution in [0.2, 0.25) is 10.0 Å². The summed E-state index contributed by atoms with van der Waals surface area (Å²) in [4.78, 5) is 25.5. The first-order valence-corrected chi connectivity index (χ1v) is 8.33. The highest BCUT2D eigenvalue weighted by Crippen LogP contribution is 2.26. The van der Waals surface area contributed by atoms with E-state index in [1.807, 2.05) is 6.92 Å². The van der Waals surface area contributed by atoms with Crippen LogP contribution in [-0.2, 0) is 9.59 Å². The molecule has 126 valence electrons. The van der Waals surface area contributed by atoms with Crippen molar-refractivity contribution in [1.82, 2.24) is 15.5 Å². The third kappa shape index (κ3) is 6.01. The van der Waals surface area contributed by atoms with Gasteiger partial charge in [-0.25, -0.2) is 0 Å². The zero-order chi connectivity index (χ0) is 17.0. The molecule has 1 fully saturated rings. The highest BCUT2D eigenvalue weighted by atomic mass is 35.5. The second-order valence-electron chi connectivity index (χ2n) is 5.97. The highest BCUT2D eigenvalue weighted by molar-refractivity contribution is 6.35. The average molecular weight is 358 g/mol. The van der Waals surface area contributed by atoms with Gasteiger partial charge < -0.3 is 10.6 Å². The summed E-state index contributed by atoms with van der Waals surface area (Å²) in [6.45, 7) is 2.21. The van der Waals surface area contributed by atoms with Crippen LogP contribution in [0.3, 0.4) is 0 Å². The van der Waals surface area contributed by atoms with E-state index in [0.717, 1.165) is 18.4 Å². The SMILES string of the molecule is C[C@@H](NC(=O)CN(C)CC(=O)NC1CC1)c1ccc(Cl)cc1Cl. The van der Waals surface area contributed by atoms with Gasteiger partial charge in [0.15, 0.2) is 0 Å². The Morgan fingerprint density at radius 3 is 2.52 bits per heavy atom. The van der Waals surface area contributed by atoms with E-state index in [-0.39, 0.29) is 30.9 Å². The number of hydrogen-bond acceptors (Lipinski definition) is 3. The van der Waals surface area contributed by atoms with Crippen molar-refractivity contribution < 1.29 is 9.59 Å². The smallest absolute Gasteiger partial charge is 0.234 e. The van der Waals surface area contributed by atoms with Gasteiger partial charge >= 0.3 is 0 Å². The fourth-order valence-electron chi connectivity index (χ4n) is 2.26. The number of carbonyl (C=O) groups excluding carboxylic acids is 2. The maximum absolute atomic E-state index is 12.1. The van der Waals surface area contributed by atoms with E-state index in [4.69, 9.17) is 23.2 Å². The molecule has 7 heteroatoms. The Balaban J connectivity index is 1.79. The van der Waals surface area contributed by atoms with E-state index in [2.05, 4.69) is 10.6 Å². The number of halogens is 2. The molecule has 0 saturated heterocycles. The number of nitrogens with one attached hydrogen (secondary N) is 2. The van der Waals surface area contributed by atoms with E-state index in [0.29, 0.717) is 16.1 Å². The first kappa shape index (κ1) is 18.0. The first-order chi connectivity index (χ1) is 10.8. The van der Waals surface area contributed by atoms with Crippen LogP contribution in [0.5, 0.6) is 0 Å². The lowest BCUT2D eigenvalue weighted by Gasteiger charge is -2.19. The van der Waals surface area contributed by atoms with Gasteiger partial charge in [-0.3, -0.25) is 14.5 Å². The second-order valence-corrected chi connectivity index (χ2v) is 6.81. The molecule has 0 radical (unpaired) electrons. The summed E-state index contributed by atoms with van der Waals surface area (Å²) in [6.07, 6.45) is 2.10. The van der Waals surface area contributed by atoms with Crippen LogP contribution in [0, 0.1) is 0 Å². The number of amides is 2. The number of nitrogens with zero attached hydrogens (tertiary/aromatic N) is 1. The third-order valence-corrected chi connectivity index (χ3v) is 4.14. The van der Waals surface area contributed by atoms with Crippen LogP contribution >= 0.6 is 23.2 Å². The van der Waals surface area contributed by atoms with Crippen molar-refractivity contribution in [3.63, 3.8) is 0 Å². The Morgan fingerprint density at radius 2 is 1.91 bits per heavy atom. The molecule has 0 aromatic heterocycles. The monoisotopic (exact) mass is 357 g/mol. The number of hydrogen-bond donors (Lipinski definition) is 2. The maximum atomic E-state index is 12.1. The molecule has 2 rings (SSSR count). The van der Waals surface area contributed by atoms with Crippen molar-refractivity contribution in [2.75, 3.05) is 20.1 Å². The lowest BCUT2D eigenvalue weighted by Crippen LogP contribution is -2.41. The molecule has 23 heavy (non-hydrogen) atoms. The summed E-state index contributed by atoms with van der Waals surface area (Å²) >= 11 is 12.0. The Bertz CT molecular complexity index is 591. The van der Waals surface area contributed by atoms with Crippen LogP contribution in [0.1, 0.15) is 31.4 Å². The maximum Gasteiger partial charge on any atom is 0.234 e. The highest BCUT2D eigenvalue weighted by Gasteiger charge is 2.24. The van der Waals surface area contributed by atoms with Crippen LogP contribution in [0.4, 0.5) is 0 Å². The van der Waals surface area contributed by atoms with Gasteiger partial charge in [0.25, 0.3) is 0 Å². The summed E-state index contributed by atoms with van der Waals surface area (Å²) in [5, 5.41) is 6.84. The van der Waals surface area contributed by atoms with Crippen LogP contribution in [-0.4, -0.2) is 42.9 Å². The Hall–Kier alpha value is -1.30. The standard InChI is InChI=1S/C16H21Cl2N3O2/c1-10(13-6-3-11(17)7-14(13)18)19-15(22)8-21(2)9-16(23)20-12-4-5-12/h3,6-7,10,12H,4-5,8-9H2,1-2H3,(H,19,22)(H,20,23)/t10-/m1/s1. The van der Waals surface area contributed by atoms with E-state index in [1.54, 1.807) is 30.1 Å². The predicted octanol–water partition coefficient (Wildman–Crippen LogP) is 2.38. The first-order valence-electron chi connectivity index (χ1n) is 7.57. The number of benzene rings is 1. The lowest BCUT2D eigenvalue weighted by molar-refractivity contribution is -0.125. The minimum absolute atomic E-state index is 0.0448. The van der Waals surface area contributed by atoms with Crippen molar-refractivity contribution in [3.05, 3.63) is 33.8 Å². The zero-order valence-corrected chi connectivity index (χ0v) is 14.7. The summed E-state index contributed by atoms with van der Waals surface area (Å²) in [6, 6.07) is 5.27. The lowest BCUT2D eigenvalue weighted by atomic mass is 10.1. The van der Waals surface area contributed by atoms with E-state index in [1.165, 1.54) is 0 Å². The largest absolute Gasteiger partial charge is 0.352 e. The molecular formula is C16H21Cl2N3O2. The Labute approximate surface area is 146 Å². The topological polar surface area (TPSA) is 61.4 Å². The van der Waals surface area contributed by atoms with Gasteiger partial charge in [-0.1, -0.05) is 29.3 Å². The third-order valence-electron chi connectivity index (χ3n) is 3.58. The summed E-state index contributed by atoms with van der Waals surface area (Å²) in [5.41, 5.74) is 0.804. The van der Waals surface area contributed by atoms with E-state index in [9.17, 15) is 9.59 Å². The van der Waals surface area contributed by atoms with E-state index >= 15 is 0 Å². The van der Waals surface area contributed by atoms with Gasteiger partial charge in [0.1, 0.15) is 0 Å². The molecule has 1 aromatic carbocycles. The molecule has 1 saturated carbocycles. The second kappa shape index (κ2) is 7.99. The quantitative estimate of drug-likeness (QED) is 0.787. The summed E-state index contributed by atoms with van der Waals surface area (Å²) < 4.78 is 0. The fourth-order valence-corrected chi connectivity index (χ4v) is 2.84. The molecule has 1 aliphatic rings. The van der Waals surface area contributed by atoms with Gasteiger partial charge in [-0.05, 0) is 44.5 Å². The van der Waals surface area contributed by atoms with Crippen molar-refractivity contribution in [3.8, 4) is 0 Å². The fraction of sp³-hybridized carbons (Fsp3) is 0.500. The molecular weight excluding hydrogens is 337 g/mol. The molecule has 0 spiro atoms. The summed E-state index contributed by atoms with van der Waals surface area (Å²) in [5.74, 6) is -0.207. The van der Waals surface area contributed by atoms with Crippen LogP contribution < -0.4 is 10.6 Å². The number of rotatable bonds is 7. The molecule has 1 aliphatic carbocycles. The van der Waals surface area contributed by atoms with Crippen molar-refractivity contribution >= 4 is 35.0 Å². The predicted molar refractivity (Wildman–Crippen MR) is 91.7 cm³/mol. The average Bonchev–Trinajstić information content (AvgIpc) is 3.21. The number of likely N-dealkylation sites (N-methyl/N-ethyl adjacent to an activating group) is 1. The molecule has 1 atom stereocenters. The molecule has 2 amide bonds. The molecule has 0 unspecified atom stereocenters. The number of carbonyl (C=O) groups is 2. The van der Waals surface area contributed by atoms with Crippen molar-refractivity contribution in [2.45, 2.75) is 31.8 Å². The molecule has 0 aliphatic heterocycles. The Kier molecular flexibility index (Phi) is 6.27. The minimum Gasteiger partial charge on any atom is -0.352 e. The molecule has 2 N–H and O–H groups in total. The van der Waals surface area contributed by atoms with Crippen molar-refractivity contribution in [2.24, 2.45) is 0 Å². The molecule has 0 heterocycles. The van der Waals surface area contributed by atoms with E-state index < -0.39 is 0 Å². The molecule has 0 bridgehead atoms. The van der Waals surface area contributed by atoms with Gasteiger partial charge in [0, 0.05) is 16.1 Å². The normalized spacial score (nSPS) is 15.3. The van der Waals surface area contributed by atoms with Crippen molar-refractivity contribution in [1.29, 1.82) is 0 Å². The van der Waals surface area contributed by atoms with Gasteiger partial charge in [-0.2, -0.15) is 0 Å². The molecule has 1 aromatic rings. The molecule has 5 nitrogen and oxygen atoms in total.